The minimum absolute atomic E-state index is 0.0607. The van der Waals surface area contributed by atoms with Crippen LogP contribution in [0, 0.1) is 0 Å². The number of benzene rings is 2. The first-order chi connectivity index (χ1) is 17.3. The molecule has 1 fully saturated rings. The zero-order valence-corrected chi connectivity index (χ0v) is 19.8. The van der Waals surface area contributed by atoms with Crippen molar-refractivity contribution in [2.45, 2.75) is 12.6 Å². The monoisotopic (exact) mass is 467 g/mol. The summed E-state index contributed by atoms with van der Waals surface area (Å²) in [6.07, 6.45) is 4.46. The molecule has 1 unspecified atom stereocenters. The van der Waals surface area contributed by atoms with Crippen LogP contribution in [0.1, 0.15) is 5.56 Å². The summed E-state index contributed by atoms with van der Waals surface area (Å²) in [5.74, 6) is 2.77. The Morgan fingerprint density at radius 1 is 0.857 bits per heavy atom. The lowest BCUT2D eigenvalue weighted by molar-refractivity contribution is 0.0220. The summed E-state index contributed by atoms with van der Waals surface area (Å²) in [5, 5.41) is 3.57. The summed E-state index contributed by atoms with van der Waals surface area (Å²) in [4.78, 5) is 22.9. The zero-order chi connectivity index (χ0) is 23.9. The third-order valence-corrected chi connectivity index (χ3v) is 6.06. The van der Waals surface area contributed by atoms with Crippen molar-refractivity contribution < 1.29 is 4.74 Å². The number of hydrogen-bond acceptors (Lipinski definition) is 8. The lowest BCUT2D eigenvalue weighted by Crippen LogP contribution is -2.48. The minimum atomic E-state index is 0.0607. The predicted octanol–water partition coefficient (Wildman–Crippen LogP) is 4.01. The highest BCUT2D eigenvalue weighted by Crippen LogP contribution is 2.23. The third kappa shape index (κ3) is 5.79. The minimum Gasteiger partial charge on any atom is -0.379 e. The summed E-state index contributed by atoms with van der Waals surface area (Å²) >= 11 is 0. The van der Waals surface area contributed by atoms with Gasteiger partial charge >= 0.3 is 0 Å². The number of ether oxygens (including phenoxy) is 1. The van der Waals surface area contributed by atoms with Gasteiger partial charge in [0.1, 0.15) is 11.6 Å². The van der Waals surface area contributed by atoms with Crippen LogP contribution in [0.25, 0.3) is 11.4 Å². The molecule has 8 nitrogen and oxygen atoms in total. The van der Waals surface area contributed by atoms with E-state index in [4.69, 9.17) is 14.7 Å². The number of anilines is 3. The lowest BCUT2D eigenvalue weighted by atomic mass is 10.1. The Labute approximate surface area is 205 Å². The van der Waals surface area contributed by atoms with Gasteiger partial charge in [0, 0.05) is 44.5 Å². The maximum Gasteiger partial charge on any atom is 0.225 e. The molecule has 0 radical (unpaired) electrons. The van der Waals surface area contributed by atoms with Crippen molar-refractivity contribution in [3.8, 4) is 11.4 Å². The van der Waals surface area contributed by atoms with Crippen LogP contribution in [0.2, 0.25) is 0 Å². The molecule has 5 rings (SSSR count). The van der Waals surface area contributed by atoms with E-state index in [1.807, 2.05) is 60.5 Å². The molecule has 8 heteroatoms. The number of morpholine rings is 1. The van der Waals surface area contributed by atoms with Crippen molar-refractivity contribution in [1.29, 1.82) is 0 Å². The molecule has 0 spiro atoms. The Balaban J connectivity index is 1.36. The fourth-order valence-corrected chi connectivity index (χ4v) is 4.13. The van der Waals surface area contributed by atoms with Crippen LogP contribution in [0.5, 0.6) is 0 Å². The summed E-state index contributed by atoms with van der Waals surface area (Å²) < 4.78 is 5.57. The van der Waals surface area contributed by atoms with Crippen molar-refractivity contribution in [2.24, 2.45) is 0 Å². The van der Waals surface area contributed by atoms with Gasteiger partial charge in [0.25, 0.3) is 0 Å². The molecule has 1 aliphatic rings. The average Bonchev–Trinajstić information content (AvgIpc) is 2.94. The summed E-state index contributed by atoms with van der Waals surface area (Å²) in [5.41, 5.74) is 2.24. The zero-order valence-electron chi connectivity index (χ0n) is 19.8. The Morgan fingerprint density at radius 3 is 2.26 bits per heavy atom. The Morgan fingerprint density at radius 2 is 1.51 bits per heavy atom. The van der Waals surface area contributed by atoms with Crippen LogP contribution in [0.15, 0.2) is 85.2 Å². The van der Waals surface area contributed by atoms with Crippen LogP contribution in [-0.4, -0.2) is 64.4 Å². The lowest BCUT2D eigenvalue weighted by Gasteiger charge is -2.35. The maximum absolute atomic E-state index is 5.57. The first kappa shape index (κ1) is 22.9. The molecule has 35 heavy (non-hydrogen) atoms. The van der Waals surface area contributed by atoms with E-state index in [0.29, 0.717) is 11.8 Å². The molecule has 1 N–H and O–H groups in total. The van der Waals surface area contributed by atoms with Gasteiger partial charge in [-0.25, -0.2) is 15.0 Å². The second kappa shape index (κ2) is 11.0. The predicted molar refractivity (Wildman–Crippen MR) is 138 cm³/mol. The van der Waals surface area contributed by atoms with Gasteiger partial charge in [0.05, 0.1) is 19.4 Å². The van der Waals surface area contributed by atoms with Gasteiger partial charge in [-0.2, -0.15) is 4.98 Å². The average molecular weight is 468 g/mol. The number of nitrogens with one attached hydrogen (secondary N) is 1. The first-order valence-corrected chi connectivity index (χ1v) is 11.8. The molecule has 0 bridgehead atoms. The molecule has 4 aromatic rings. The summed E-state index contributed by atoms with van der Waals surface area (Å²) in [6.45, 7) is 3.20. The van der Waals surface area contributed by atoms with E-state index in [0.717, 1.165) is 49.9 Å². The molecule has 0 aliphatic carbocycles. The molecule has 2 aromatic carbocycles. The van der Waals surface area contributed by atoms with Crippen molar-refractivity contribution in [2.75, 3.05) is 43.6 Å². The standard InChI is InChI=1S/C27H29N7O/c1-33(23-12-14-28-26(30-23)22-10-6-3-7-11-22)24-13-15-29-27(31-24)32-25(34-16-18-35-19-17-34)20-21-8-4-2-5-9-21/h2-15,25H,16-20H2,1H3,(H,29,31,32). The Kier molecular flexibility index (Phi) is 7.21. The topological polar surface area (TPSA) is 79.3 Å². The molecule has 0 saturated carbocycles. The van der Waals surface area contributed by atoms with Crippen LogP contribution in [-0.2, 0) is 11.2 Å². The van der Waals surface area contributed by atoms with Gasteiger partial charge in [0.2, 0.25) is 5.95 Å². The van der Waals surface area contributed by atoms with Crippen molar-refractivity contribution >= 4 is 17.6 Å². The van der Waals surface area contributed by atoms with Gasteiger partial charge in [-0.05, 0) is 17.7 Å². The molecule has 178 valence electrons. The Bertz CT molecular complexity index is 1220. The molecule has 0 amide bonds. The molecule has 1 atom stereocenters. The highest BCUT2D eigenvalue weighted by molar-refractivity contribution is 5.61. The smallest absolute Gasteiger partial charge is 0.225 e. The van der Waals surface area contributed by atoms with Crippen molar-refractivity contribution in [1.82, 2.24) is 24.8 Å². The van der Waals surface area contributed by atoms with Crippen molar-refractivity contribution in [3.05, 3.63) is 90.8 Å². The van der Waals surface area contributed by atoms with E-state index in [1.165, 1.54) is 5.56 Å². The molecular formula is C27H29N7O. The van der Waals surface area contributed by atoms with E-state index in [1.54, 1.807) is 12.4 Å². The van der Waals surface area contributed by atoms with Crippen LogP contribution in [0.4, 0.5) is 17.6 Å². The number of rotatable bonds is 8. The third-order valence-electron chi connectivity index (χ3n) is 6.06. The van der Waals surface area contributed by atoms with Gasteiger partial charge < -0.3 is 15.0 Å². The maximum atomic E-state index is 5.57. The van der Waals surface area contributed by atoms with Gasteiger partial charge in [0.15, 0.2) is 5.82 Å². The second-order valence-electron chi connectivity index (χ2n) is 8.40. The van der Waals surface area contributed by atoms with E-state index in [2.05, 4.69) is 44.5 Å². The molecule has 2 aromatic heterocycles. The van der Waals surface area contributed by atoms with Gasteiger partial charge in [-0.15, -0.1) is 0 Å². The summed E-state index contributed by atoms with van der Waals surface area (Å²) in [6, 6.07) is 24.2. The van der Waals surface area contributed by atoms with Crippen LogP contribution in [0.3, 0.4) is 0 Å². The van der Waals surface area contributed by atoms with E-state index in [9.17, 15) is 0 Å². The largest absolute Gasteiger partial charge is 0.379 e. The van der Waals surface area contributed by atoms with Crippen LogP contribution >= 0.6 is 0 Å². The van der Waals surface area contributed by atoms with E-state index in [-0.39, 0.29) is 6.17 Å². The number of nitrogens with zero attached hydrogens (tertiary/aromatic N) is 6. The highest BCUT2D eigenvalue weighted by Gasteiger charge is 2.22. The number of aromatic nitrogens is 4. The highest BCUT2D eigenvalue weighted by atomic mass is 16.5. The molecular weight excluding hydrogens is 438 g/mol. The van der Waals surface area contributed by atoms with E-state index < -0.39 is 0 Å². The van der Waals surface area contributed by atoms with Gasteiger partial charge in [-0.1, -0.05) is 60.7 Å². The second-order valence-corrected chi connectivity index (χ2v) is 8.40. The quantitative estimate of drug-likeness (QED) is 0.416. The summed E-state index contributed by atoms with van der Waals surface area (Å²) in [7, 11) is 1.95. The molecule has 1 saturated heterocycles. The van der Waals surface area contributed by atoms with Gasteiger partial charge in [-0.3, -0.25) is 4.90 Å². The normalized spacial score (nSPS) is 14.9. The Hall–Kier alpha value is -3.88. The fourth-order valence-electron chi connectivity index (χ4n) is 4.13. The first-order valence-electron chi connectivity index (χ1n) is 11.8. The molecule has 1 aliphatic heterocycles. The van der Waals surface area contributed by atoms with E-state index >= 15 is 0 Å². The van der Waals surface area contributed by atoms with Crippen LogP contribution < -0.4 is 10.2 Å². The fraction of sp³-hybridized carbons (Fsp3) is 0.259. The number of hydrogen-bond donors (Lipinski definition) is 1. The SMILES string of the molecule is CN(c1ccnc(NC(Cc2ccccc2)N2CCOCC2)n1)c1ccnc(-c2ccccc2)n1. The van der Waals surface area contributed by atoms with Crippen molar-refractivity contribution in [3.63, 3.8) is 0 Å². The molecule has 3 heterocycles.